The number of hydrogen-bond acceptors (Lipinski definition) is 3. The first-order valence-corrected chi connectivity index (χ1v) is 9.56. The normalized spacial score (nSPS) is 19.8. The van der Waals surface area contributed by atoms with Gasteiger partial charge in [0.05, 0.1) is 6.20 Å². The summed E-state index contributed by atoms with van der Waals surface area (Å²) in [6, 6.07) is 10.3. The topological polar surface area (TPSA) is 55.2 Å². The van der Waals surface area contributed by atoms with Crippen LogP contribution in [0.1, 0.15) is 31.2 Å². The summed E-state index contributed by atoms with van der Waals surface area (Å²) in [5, 5.41) is 4.01. The Balaban J connectivity index is 1.76. The van der Waals surface area contributed by atoms with E-state index in [1.165, 1.54) is 16.4 Å². The number of rotatable bonds is 5. The minimum absolute atomic E-state index is 0.0779. The maximum absolute atomic E-state index is 12.9. The molecule has 1 aromatic heterocycles. The third kappa shape index (κ3) is 3.64. The molecule has 1 aliphatic rings. The van der Waals surface area contributed by atoms with Crippen molar-refractivity contribution in [3.8, 4) is 0 Å². The Bertz CT molecular complexity index is 740. The summed E-state index contributed by atoms with van der Waals surface area (Å²) in [6.45, 7) is 0.608. The van der Waals surface area contributed by atoms with Crippen LogP contribution in [0.25, 0.3) is 0 Å². The lowest BCUT2D eigenvalue weighted by Crippen LogP contribution is -2.43. The standard InChI is InChI=1S/C17H23N3O2S/c1-19-14-17(13-18-19)23(21,22)20-12-6-5-9-16(20)11-10-15-7-3-2-4-8-15/h2-4,7-8,13-14,16H,5-6,9-12H2,1H3/t16-/m1/s1. The Morgan fingerprint density at radius 2 is 2.00 bits per heavy atom. The van der Waals surface area contributed by atoms with Crippen LogP contribution in [0.15, 0.2) is 47.6 Å². The van der Waals surface area contributed by atoms with E-state index >= 15 is 0 Å². The molecule has 6 heteroatoms. The first kappa shape index (κ1) is 16.2. The molecule has 0 amide bonds. The minimum atomic E-state index is -3.44. The van der Waals surface area contributed by atoms with Gasteiger partial charge in [-0.3, -0.25) is 4.68 Å². The van der Waals surface area contributed by atoms with Crippen molar-refractivity contribution in [1.82, 2.24) is 14.1 Å². The molecular weight excluding hydrogens is 310 g/mol. The van der Waals surface area contributed by atoms with Gasteiger partial charge in [0, 0.05) is 25.8 Å². The van der Waals surface area contributed by atoms with Crippen LogP contribution < -0.4 is 0 Å². The fourth-order valence-corrected chi connectivity index (χ4v) is 4.93. The number of nitrogens with zero attached hydrogens (tertiary/aromatic N) is 3. The number of hydrogen-bond donors (Lipinski definition) is 0. The summed E-state index contributed by atoms with van der Waals surface area (Å²) in [5.41, 5.74) is 1.26. The van der Waals surface area contributed by atoms with Gasteiger partial charge in [0.1, 0.15) is 4.90 Å². The number of aryl methyl sites for hydroxylation is 2. The van der Waals surface area contributed by atoms with E-state index < -0.39 is 10.0 Å². The molecule has 124 valence electrons. The highest BCUT2D eigenvalue weighted by Gasteiger charge is 2.33. The molecule has 1 aliphatic heterocycles. The van der Waals surface area contributed by atoms with E-state index in [0.717, 1.165) is 32.1 Å². The van der Waals surface area contributed by atoms with Crippen molar-refractivity contribution in [2.24, 2.45) is 7.05 Å². The van der Waals surface area contributed by atoms with E-state index in [-0.39, 0.29) is 6.04 Å². The van der Waals surface area contributed by atoms with E-state index in [0.29, 0.717) is 11.4 Å². The summed E-state index contributed by atoms with van der Waals surface area (Å²) in [6.07, 6.45) is 7.76. The van der Waals surface area contributed by atoms with Crippen molar-refractivity contribution in [3.63, 3.8) is 0 Å². The van der Waals surface area contributed by atoms with Gasteiger partial charge in [-0.15, -0.1) is 0 Å². The van der Waals surface area contributed by atoms with E-state index in [1.54, 1.807) is 17.5 Å². The molecule has 0 saturated carbocycles. The van der Waals surface area contributed by atoms with Gasteiger partial charge in [0.2, 0.25) is 10.0 Å². The zero-order valence-corrected chi connectivity index (χ0v) is 14.2. The molecule has 0 N–H and O–H groups in total. The van der Waals surface area contributed by atoms with Crippen molar-refractivity contribution in [3.05, 3.63) is 48.3 Å². The highest BCUT2D eigenvalue weighted by molar-refractivity contribution is 7.89. The Kier molecular flexibility index (Phi) is 4.82. The zero-order valence-electron chi connectivity index (χ0n) is 13.4. The Morgan fingerprint density at radius 1 is 1.22 bits per heavy atom. The van der Waals surface area contributed by atoms with Crippen molar-refractivity contribution < 1.29 is 8.42 Å². The molecule has 1 aromatic carbocycles. The van der Waals surface area contributed by atoms with Crippen LogP contribution in [-0.2, 0) is 23.5 Å². The van der Waals surface area contributed by atoms with Gasteiger partial charge in [-0.25, -0.2) is 8.42 Å². The van der Waals surface area contributed by atoms with Crippen LogP contribution >= 0.6 is 0 Å². The van der Waals surface area contributed by atoms with Gasteiger partial charge in [0.15, 0.2) is 0 Å². The Hall–Kier alpha value is -1.66. The molecule has 0 unspecified atom stereocenters. The number of benzene rings is 1. The molecule has 3 rings (SSSR count). The first-order valence-electron chi connectivity index (χ1n) is 8.12. The predicted molar refractivity (Wildman–Crippen MR) is 89.5 cm³/mol. The average Bonchev–Trinajstić information content (AvgIpc) is 3.01. The SMILES string of the molecule is Cn1cc(S(=O)(=O)N2CCCC[C@@H]2CCc2ccccc2)cn1. The molecule has 0 aliphatic carbocycles. The van der Waals surface area contributed by atoms with E-state index in [1.807, 2.05) is 18.2 Å². The highest BCUT2D eigenvalue weighted by Crippen LogP contribution is 2.27. The van der Waals surface area contributed by atoms with Gasteiger partial charge >= 0.3 is 0 Å². The molecule has 1 fully saturated rings. The molecule has 1 saturated heterocycles. The molecule has 2 heterocycles. The maximum Gasteiger partial charge on any atom is 0.246 e. The fourth-order valence-electron chi connectivity index (χ4n) is 3.22. The molecule has 2 aromatic rings. The lowest BCUT2D eigenvalue weighted by molar-refractivity contribution is 0.241. The predicted octanol–water partition coefficient (Wildman–Crippen LogP) is 2.60. The van der Waals surface area contributed by atoms with Crippen molar-refractivity contribution in [2.75, 3.05) is 6.54 Å². The zero-order chi connectivity index (χ0) is 16.3. The van der Waals surface area contributed by atoms with Crippen LogP contribution in [0.5, 0.6) is 0 Å². The second-order valence-electron chi connectivity index (χ2n) is 6.14. The summed E-state index contributed by atoms with van der Waals surface area (Å²) < 4.78 is 29.0. The lowest BCUT2D eigenvalue weighted by atomic mass is 9.98. The molecule has 0 radical (unpaired) electrons. The van der Waals surface area contributed by atoms with Gasteiger partial charge in [0.25, 0.3) is 0 Å². The average molecular weight is 333 g/mol. The highest BCUT2D eigenvalue weighted by atomic mass is 32.2. The van der Waals surface area contributed by atoms with Gasteiger partial charge in [-0.2, -0.15) is 9.40 Å². The van der Waals surface area contributed by atoms with Crippen LogP contribution in [0.3, 0.4) is 0 Å². The molecule has 23 heavy (non-hydrogen) atoms. The van der Waals surface area contributed by atoms with Crippen LogP contribution in [0.4, 0.5) is 0 Å². The third-order valence-corrected chi connectivity index (χ3v) is 6.37. The molecule has 0 spiro atoms. The number of piperidine rings is 1. The first-order chi connectivity index (χ1) is 11.1. The van der Waals surface area contributed by atoms with Crippen molar-refractivity contribution >= 4 is 10.0 Å². The van der Waals surface area contributed by atoms with E-state index in [4.69, 9.17) is 0 Å². The second-order valence-corrected chi connectivity index (χ2v) is 8.03. The smallest absolute Gasteiger partial charge is 0.246 e. The largest absolute Gasteiger partial charge is 0.274 e. The third-order valence-electron chi connectivity index (χ3n) is 4.47. The Labute approximate surface area is 138 Å². The van der Waals surface area contributed by atoms with Crippen molar-refractivity contribution in [1.29, 1.82) is 0 Å². The quantitative estimate of drug-likeness (QED) is 0.845. The van der Waals surface area contributed by atoms with Crippen molar-refractivity contribution in [2.45, 2.75) is 43.0 Å². The lowest BCUT2D eigenvalue weighted by Gasteiger charge is -2.34. The minimum Gasteiger partial charge on any atom is -0.274 e. The monoisotopic (exact) mass is 333 g/mol. The number of sulfonamides is 1. The van der Waals surface area contributed by atoms with E-state index in [9.17, 15) is 8.42 Å². The maximum atomic E-state index is 12.9. The summed E-state index contributed by atoms with van der Waals surface area (Å²) >= 11 is 0. The Morgan fingerprint density at radius 3 is 2.70 bits per heavy atom. The van der Waals surface area contributed by atoms with Gasteiger partial charge < -0.3 is 0 Å². The summed E-state index contributed by atoms with van der Waals surface area (Å²) in [5.74, 6) is 0. The van der Waals surface area contributed by atoms with Crippen LogP contribution in [0, 0.1) is 0 Å². The van der Waals surface area contributed by atoms with E-state index in [2.05, 4.69) is 17.2 Å². The van der Waals surface area contributed by atoms with Gasteiger partial charge in [-0.05, 0) is 31.2 Å². The molecule has 1 atom stereocenters. The summed E-state index contributed by atoms with van der Waals surface area (Å²) in [4.78, 5) is 0.298. The van der Waals surface area contributed by atoms with Crippen LogP contribution in [0.2, 0.25) is 0 Å². The number of aromatic nitrogens is 2. The molecule has 0 bridgehead atoms. The molecule has 5 nitrogen and oxygen atoms in total. The second kappa shape index (κ2) is 6.84. The fraction of sp³-hybridized carbons (Fsp3) is 0.471. The summed E-state index contributed by atoms with van der Waals surface area (Å²) in [7, 11) is -1.71. The molecular formula is C17H23N3O2S. The van der Waals surface area contributed by atoms with Gasteiger partial charge in [-0.1, -0.05) is 36.8 Å². The van der Waals surface area contributed by atoms with Crippen LogP contribution in [-0.4, -0.2) is 35.1 Å².